The summed E-state index contributed by atoms with van der Waals surface area (Å²) < 4.78 is 7.11. The van der Waals surface area contributed by atoms with Gasteiger partial charge in [0.25, 0.3) is 6.54 Å². The Morgan fingerprint density at radius 2 is 2.03 bits per heavy atom. The van der Waals surface area contributed by atoms with Gasteiger partial charge in [-0.15, -0.1) is 11.3 Å². The number of unbranched alkanes of at least 4 members (excludes halogenated alkanes) is 1. The first-order valence-electron chi connectivity index (χ1n) is 12.4. The van der Waals surface area contributed by atoms with Crippen molar-refractivity contribution in [1.29, 1.82) is 0 Å². The average Bonchev–Trinajstić information content (AvgIpc) is 3.27. The highest BCUT2D eigenvalue weighted by Gasteiger charge is 2.22. The molecule has 1 saturated heterocycles. The third-order valence-corrected chi connectivity index (χ3v) is 7.62. The first kappa shape index (κ1) is 23.5. The van der Waals surface area contributed by atoms with Crippen LogP contribution in [0.1, 0.15) is 30.4 Å². The van der Waals surface area contributed by atoms with Crippen molar-refractivity contribution in [2.45, 2.75) is 25.7 Å². The van der Waals surface area contributed by atoms with E-state index in [1.54, 1.807) is 0 Å². The van der Waals surface area contributed by atoms with E-state index in [2.05, 4.69) is 44.2 Å². The van der Waals surface area contributed by atoms with Gasteiger partial charge in [0.15, 0.2) is 0 Å². The highest BCUT2D eigenvalue weighted by Crippen LogP contribution is 2.36. The average molecular weight is 491 g/mol. The molecule has 1 fully saturated rings. The van der Waals surface area contributed by atoms with Gasteiger partial charge in [-0.3, -0.25) is 10.2 Å². The van der Waals surface area contributed by atoms with Crippen LogP contribution in [0.25, 0.3) is 14.9 Å². The van der Waals surface area contributed by atoms with Crippen molar-refractivity contribution in [3.8, 4) is 11.8 Å². The van der Waals surface area contributed by atoms with Crippen LogP contribution in [0.3, 0.4) is 0 Å². The number of carbonyl (C=O) groups is 1. The second kappa shape index (κ2) is 11.0. The van der Waals surface area contributed by atoms with Gasteiger partial charge >= 0.3 is 12.1 Å². The summed E-state index contributed by atoms with van der Waals surface area (Å²) in [6.45, 7) is 7.01. The van der Waals surface area contributed by atoms with Crippen molar-refractivity contribution >= 4 is 38.1 Å². The molecule has 3 N–H and O–H groups in total. The van der Waals surface area contributed by atoms with E-state index in [0.717, 1.165) is 98.0 Å². The summed E-state index contributed by atoms with van der Waals surface area (Å²) in [5, 5.41) is 4.44. The highest BCUT2D eigenvalue weighted by atomic mass is 32.1. The maximum absolute atomic E-state index is 11.0. The number of nitrogens with zero attached hydrogens (tertiary/aromatic N) is 3. The number of thiophene rings is 1. The number of hydrogen-bond acceptors (Lipinski definition) is 5. The molecule has 8 heteroatoms. The molecule has 0 unspecified atom stereocenters. The molecule has 2 aliphatic rings. The zero-order valence-corrected chi connectivity index (χ0v) is 20.8. The molecule has 0 spiro atoms. The molecular weight excluding hydrogens is 458 g/mol. The standard InChI is InChI=1S/C27H31N5O2S/c28-27(33)30-25-18-22-17-20(8-9-24(22)35-25)19-29-10-1-2-11-31-12-14-32(15-13-31)23-7-3-5-21-6-4-16-34-26(21)23/h3,5,7-9,17-18H,1-2,4,6,10-16H2,(H2-,28,30,33)/p+1. The third kappa shape index (κ3) is 5.87. The van der Waals surface area contributed by atoms with Crippen molar-refractivity contribution in [2.75, 3.05) is 56.1 Å². The van der Waals surface area contributed by atoms with Gasteiger partial charge in [-0.25, -0.2) is 4.79 Å². The quantitative estimate of drug-likeness (QED) is 0.477. The maximum Gasteiger partial charge on any atom is 0.317 e. The molecule has 0 bridgehead atoms. The van der Waals surface area contributed by atoms with Crippen LogP contribution in [-0.2, 0) is 6.42 Å². The minimum atomic E-state index is -0.545. The summed E-state index contributed by atoms with van der Waals surface area (Å²) in [5.74, 6) is 1.11. The number of benzene rings is 2. The highest BCUT2D eigenvalue weighted by molar-refractivity contribution is 7.22. The molecule has 0 aliphatic carbocycles. The van der Waals surface area contributed by atoms with Crippen molar-refractivity contribution in [2.24, 2.45) is 5.73 Å². The minimum absolute atomic E-state index is 0.545. The molecule has 2 aliphatic heterocycles. The number of piperazine rings is 1. The lowest BCUT2D eigenvalue weighted by molar-refractivity contribution is 0.251. The van der Waals surface area contributed by atoms with E-state index in [-0.39, 0.29) is 0 Å². The zero-order valence-electron chi connectivity index (χ0n) is 20.0. The number of carbonyl (C=O) groups excluding carboxylic acids is 1. The number of hydrogen-bond donors (Lipinski definition) is 2. The zero-order chi connectivity index (χ0) is 24.0. The SMILES string of the molecule is NC(=O)Nc1cc2cc(C#[N+]CCCCN3CCN(c4cccc5c4OCCC5)CC3)ccc2s1. The van der Waals surface area contributed by atoms with Gasteiger partial charge in [0.2, 0.25) is 0 Å². The van der Waals surface area contributed by atoms with E-state index in [1.165, 1.54) is 22.6 Å². The normalized spacial score (nSPS) is 15.7. The second-order valence-electron chi connectivity index (χ2n) is 9.10. The Labute approximate surface area is 210 Å². The lowest BCUT2D eigenvalue weighted by Gasteiger charge is -2.37. The predicted molar refractivity (Wildman–Crippen MR) is 144 cm³/mol. The van der Waals surface area contributed by atoms with Crippen molar-refractivity contribution in [3.63, 3.8) is 0 Å². The molecule has 7 nitrogen and oxygen atoms in total. The Balaban J connectivity index is 1.04. The van der Waals surface area contributed by atoms with Crippen molar-refractivity contribution in [3.05, 3.63) is 58.4 Å². The summed E-state index contributed by atoms with van der Waals surface area (Å²) >= 11 is 1.50. The first-order chi connectivity index (χ1) is 17.2. The fraction of sp³-hybridized carbons (Fsp3) is 0.407. The number of primary amides is 1. The van der Waals surface area contributed by atoms with Crippen LogP contribution in [0.5, 0.6) is 5.75 Å². The number of fused-ring (bicyclic) bond motifs is 2. The van der Waals surface area contributed by atoms with Crippen LogP contribution < -0.4 is 20.7 Å². The Kier molecular flexibility index (Phi) is 7.36. The second-order valence-corrected chi connectivity index (χ2v) is 10.2. The number of aryl methyl sites for hydroxylation is 1. The van der Waals surface area contributed by atoms with E-state index in [0.29, 0.717) is 0 Å². The van der Waals surface area contributed by atoms with E-state index in [1.807, 2.05) is 24.3 Å². The summed E-state index contributed by atoms with van der Waals surface area (Å²) in [6.07, 6.45) is 4.44. The molecule has 35 heavy (non-hydrogen) atoms. The van der Waals surface area contributed by atoms with Gasteiger partial charge in [0.05, 0.1) is 17.3 Å². The summed E-state index contributed by atoms with van der Waals surface area (Å²) in [4.78, 5) is 20.6. The van der Waals surface area contributed by atoms with Crippen LogP contribution in [0.4, 0.5) is 15.5 Å². The summed E-state index contributed by atoms with van der Waals surface area (Å²) in [7, 11) is 0. The van der Waals surface area contributed by atoms with E-state index in [9.17, 15) is 4.79 Å². The lowest BCUT2D eigenvalue weighted by atomic mass is 10.0. The van der Waals surface area contributed by atoms with Crippen LogP contribution in [0.2, 0.25) is 0 Å². The van der Waals surface area contributed by atoms with E-state index in [4.69, 9.17) is 10.5 Å². The topological polar surface area (TPSA) is 75.2 Å². The van der Waals surface area contributed by atoms with Crippen molar-refractivity contribution in [1.82, 2.24) is 4.90 Å². The van der Waals surface area contributed by atoms with Gasteiger partial charge in [-0.1, -0.05) is 17.0 Å². The van der Waals surface area contributed by atoms with Crippen LogP contribution >= 0.6 is 11.3 Å². The molecule has 2 amide bonds. The van der Waals surface area contributed by atoms with Gasteiger partial charge in [-0.2, -0.15) is 0 Å². The molecule has 2 aromatic carbocycles. The van der Waals surface area contributed by atoms with Crippen LogP contribution in [-0.4, -0.2) is 56.8 Å². The first-order valence-corrected chi connectivity index (χ1v) is 13.2. The molecular formula is C27H32N5O2S+. The Morgan fingerprint density at radius 1 is 1.14 bits per heavy atom. The van der Waals surface area contributed by atoms with E-state index >= 15 is 0 Å². The number of urea groups is 1. The Hall–Kier alpha value is -3.28. The minimum Gasteiger partial charge on any atom is -0.491 e. The lowest BCUT2D eigenvalue weighted by Crippen LogP contribution is -2.46. The van der Waals surface area contributed by atoms with Crippen LogP contribution in [0, 0.1) is 6.07 Å². The molecule has 5 rings (SSSR count). The Morgan fingerprint density at radius 3 is 2.89 bits per heavy atom. The van der Waals surface area contributed by atoms with Gasteiger partial charge < -0.3 is 15.4 Å². The fourth-order valence-corrected chi connectivity index (χ4v) is 5.75. The number of ether oxygens (including phenoxy) is 1. The van der Waals surface area contributed by atoms with E-state index < -0.39 is 6.03 Å². The molecule has 0 saturated carbocycles. The number of nitrogens with one attached hydrogen (secondary N) is 1. The number of amides is 2. The summed E-state index contributed by atoms with van der Waals surface area (Å²) in [5.41, 5.74) is 8.78. The molecule has 1 aromatic heterocycles. The smallest absolute Gasteiger partial charge is 0.317 e. The number of rotatable bonds is 6. The largest absolute Gasteiger partial charge is 0.491 e. The molecule has 182 valence electrons. The van der Waals surface area contributed by atoms with Gasteiger partial charge in [0, 0.05) is 37.3 Å². The third-order valence-electron chi connectivity index (χ3n) is 6.59. The van der Waals surface area contributed by atoms with Gasteiger partial charge in [-0.05, 0) is 67.1 Å². The predicted octanol–water partition coefficient (Wildman–Crippen LogP) is 5.00. The maximum atomic E-state index is 11.0. The monoisotopic (exact) mass is 490 g/mol. The van der Waals surface area contributed by atoms with Crippen molar-refractivity contribution < 1.29 is 9.53 Å². The van der Waals surface area contributed by atoms with Gasteiger partial charge in [0.1, 0.15) is 11.3 Å². The molecule has 3 heterocycles. The number of para-hydroxylation sites is 1. The number of nitrogens with two attached hydrogens (primary N) is 1. The molecule has 3 aromatic rings. The summed E-state index contributed by atoms with van der Waals surface area (Å²) in [6, 6.07) is 17.2. The fourth-order valence-electron chi connectivity index (χ4n) is 4.80. The van der Waals surface area contributed by atoms with Crippen LogP contribution in [0.15, 0.2) is 42.5 Å². The number of anilines is 2. The molecule has 0 atom stereocenters. The Bertz CT molecular complexity index is 1250. The molecule has 0 radical (unpaired) electrons.